The van der Waals surface area contributed by atoms with Crippen molar-refractivity contribution in [3.63, 3.8) is 0 Å². The largest absolute Gasteiger partial charge is 0.479 e. The number of alkyl carbamates (subject to hydrolysis) is 1. The molecule has 2 aromatic rings. The third kappa shape index (κ3) is 4.80. The summed E-state index contributed by atoms with van der Waals surface area (Å²) in [6.07, 6.45) is -0.243. The molecule has 1 atom stereocenters. The molecular weight excluding hydrogens is 438 g/mol. The zero-order chi connectivity index (χ0) is 23.6. The van der Waals surface area contributed by atoms with Crippen molar-refractivity contribution in [3.05, 3.63) is 59.7 Å². The summed E-state index contributed by atoms with van der Waals surface area (Å²) in [4.78, 5) is 39.0. The highest BCUT2D eigenvalue weighted by Gasteiger charge is 2.55. The van der Waals surface area contributed by atoms with Gasteiger partial charge in [0.25, 0.3) is 0 Å². The maximum absolute atomic E-state index is 14.7. The molecule has 33 heavy (non-hydrogen) atoms. The van der Waals surface area contributed by atoms with Crippen molar-refractivity contribution in [3.8, 4) is 11.1 Å². The average Bonchev–Trinajstić information content (AvgIpc) is 3.58. The summed E-state index contributed by atoms with van der Waals surface area (Å²) in [6.45, 7) is -1.04. The van der Waals surface area contributed by atoms with Gasteiger partial charge in [-0.15, -0.1) is 0 Å². The lowest BCUT2D eigenvalue weighted by atomic mass is 9.98. The summed E-state index contributed by atoms with van der Waals surface area (Å²) in [5.74, 6) is -8.14. The van der Waals surface area contributed by atoms with Crippen molar-refractivity contribution in [1.82, 2.24) is 10.8 Å². The molecule has 3 N–H and O–H groups in total. The highest BCUT2D eigenvalue weighted by Crippen LogP contribution is 2.44. The lowest BCUT2D eigenvalue weighted by Gasteiger charge is -2.26. The Hall–Kier alpha value is -3.53. The van der Waals surface area contributed by atoms with Crippen LogP contribution in [0.5, 0.6) is 0 Å². The SMILES string of the molecule is O=C(O)CONC(=O)C(F)(F)C(NC(=O)OCC1c2ccccc2-c2ccccc21)C1CC1. The summed E-state index contributed by atoms with van der Waals surface area (Å²) < 4.78 is 34.7. The first-order valence-corrected chi connectivity index (χ1v) is 10.4. The van der Waals surface area contributed by atoms with E-state index in [-0.39, 0.29) is 12.5 Å². The number of nitrogens with one attached hydrogen (secondary N) is 2. The number of hydroxylamine groups is 1. The molecule has 0 bridgehead atoms. The van der Waals surface area contributed by atoms with Gasteiger partial charge in [0, 0.05) is 5.92 Å². The van der Waals surface area contributed by atoms with Crippen molar-refractivity contribution in [2.75, 3.05) is 13.2 Å². The zero-order valence-corrected chi connectivity index (χ0v) is 17.4. The van der Waals surface area contributed by atoms with Gasteiger partial charge in [-0.1, -0.05) is 48.5 Å². The average molecular weight is 460 g/mol. The lowest BCUT2D eigenvalue weighted by molar-refractivity contribution is -0.167. The minimum Gasteiger partial charge on any atom is -0.479 e. The second-order valence-electron chi connectivity index (χ2n) is 8.02. The van der Waals surface area contributed by atoms with E-state index in [0.29, 0.717) is 12.8 Å². The Kier molecular flexibility index (Phi) is 6.28. The van der Waals surface area contributed by atoms with Crippen LogP contribution in [-0.2, 0) is 19.2 Å². The number of halogens is 2. The normalized spacial score (nSPS) is 15.8. The molecule has 0 aliphatic heterocycles. The predicted molar refractivity (Wildman–Crippen MR) is 111 cm³/mol. The number of amides is 2. The predicted octanol–water partition coefficient (Wildman–Crippen LogP) is 3.07. The van der Waals surface area contributed by atoms with E-state index in [0.717, 1.165) is 22.3 Å². The second-order valence-corrected chi connectivity index (χ2v) is 8.02. The third-order valence-electron chi connectivity index (χ3n) is 5.76. The number of alkyl halides is 2. The van der Waals surface area contributed by atoms with Gasteiger partial charge in [-0.3, -0.25) is 9.63 Å². The summed E-state index contributed by atoms with van der Waals surface area (Å²) >= 11 is 0. The number of carboxylic acid groups (broad SMARTS) is 1. The lowest BCUT2D eigenvalue weighted by Crippen LogP contribution is -2.57. The fourth-order valence-electron chi connectivity index (χ4n) is 4.07. The second kappa shape index (κ2) is 9.14. The number of hydrogen-bond acceptors (Lipinski definition) is 5. The molecule has 0 radical (unpaired) electrons. The topological polar surface area (TPSA) is 114 Å². The van der Waals surface area contributed by atoms with E-state index in [1.165, 1.54) is 5.48 Å². The summed E-state index contributed by atoms with van der Waals surface area (Å²) in [7, 11) is 0. The summed E-state index contributed by atoms with van der Waals surface area (Å²) in [5, 5.41) is 10.6. The van der Waals surface area contributed by atoms with Gasteiger partial charge in [0.05, 0.1) is 0 Å². The highest BCUT2D eigenvalue weighted by atomic mass is 19.3. The van der Waals surface area contributed by atoms with Gasteiger partial charge in [-0.25, -0.2) is 15.1 Å². The van der Waals surface area contributed by atoms with Gasteiger partial charge in [0.1, 0.15) is 12.6 Å². The molecule has 174 valence electrons. The molecular formula is C23H22F2N2O6. The number of carbonyl (C=O) groups excluding carboxylic acids is 2. The maximum atomic E-state index is 14.7. The van der Waals surface area contributed by atoms with Crippen LogP contribution in [0.2, 0.25) is 0 Å². The van der Waals surface area contributed by atoms with Gasteiger partial charge >= 0.3 is 23.9 Å². The van der Waals surface area contributed by atoms with E-state index >= 15 is 0 Å². The van der Waals surface area contributed by atoms with E-state index in [1.807, 2.05) is 48.5 Å². The van der Waals surface area contributed by atoms with E-state index in [4.69, 9.17) is 9.84 Å². The summed E-state index contributed by atoms with van der Waals surface area (Å²) in [6, 6.07) is 13.6. The molecule has 1 saturated carbocycles. The first-order chi connectivity index (χ1) is 15.8. The number of fused-ring (bicyclic) bond motifs is 3. The number of carbonyl (C=O) groups is 3. The first-order valence-electron chi connectivity index (χ1n) is 10.4. The quantitative estimate of drug-likeness (QED) is 0.496. The Balaban J connectivity index is 1.40. The maximum Gasteiger partial charge on any atom is 0.407 e. The Bertz CT molecular complexity index is 1030. The van der Waals surface area contributed by atoms with Crippen LogP contribution >= 0.6 is 0 Å². The van der Waals surface area contributed by atoms with Gasteiger partial charge in [0.15, 0.2) is 6.61 Å². The molecule has 8 nitrogen and oxygen atoms in total. The zero-order valence-electron chi connectivity index (χ0n) is 17.4. The smallest absolute Gasteiger partial charge is 0.407 e. The van der Waals surface area contributed by atoms with E-state index in [2.05, 4.69) is 10.2 Å². The molecule has 4 rings (SSSR count). The number of ether oxygens (including phenoxy) is 1. The van der Waals surface area contributed by atoms with Crippen molar-refractivity contribution < 1.29 is 37.8 Å². The highest BCUT2D eigenvalue weighted by molar-refractivity contribution is 5.84. The molecule has 0 saturated heterocycles. The molecule has 1 fully saturated rings. The van der Waals surface area contributed by atoms with Crippen LogP contribution in [0.3, 0.4) is 0 Å². The first kappa shape index (κ1) is 22.7. The Labute approximate surface area is 187 Å². The van der Waals surface area contributed by atoms with Crippen LogP contribution in [0.15, 0.2) is 48.5 Å². The molecule has 0 spiro atoms. The van der Waals surface area contributed by atoms with Crippen molar-refractivity contribution >= 4 is 18.0 Å². The number of benzene rings is 2. The molecule has 2 amide bonds. The number of aliphatic carboxylic acids is 1. The fraction of sp³-hybridized carbons (Fsp3) is 0.348. The van der Waals surface area contributed by atoms with Crippen LogP contribution in [0.4, 0.5) is 13.6 Å². The third-order valence-corrected chi connectivity index (χ3v) is 5.76. The monoisotopic (exact) mass is 460 g/mol. The van der Waals surface area contributed by atoms with Crippen LogP contribution in [0.25, 0.3) is 11.1 Å². The van der Waals surface area contributed by atoms with E-state index < -0.39 is 42.5 Å². The van der Waals surface area contributed by atoms with Crippen molar-refractivity contribution in [2.45, 2.75) is 30.7 Å². The van der Waals surface area contributed by atoms with Crippen LogP contribution in [0, 0.1) is 5.92 Å². The fourth-order valence-corrected chi connectivity index (χ4v) is 4.07. The molecule has 2 aliphatic rings. The molecule has 2 aromatic carbocycles. The molecule has 0 aromatic heterocycles. The standard InChI is InChI=1S/C23H22F2N2O6/c24-23(25,21(30)27-33-12-19(28)29)20(13-9-10-13)26-22(31)32-11-18-16-7-3-1-5-14(16)15-6-2-4-8-17(15)18/h1-8,13,18,20H,9-12H2,(H,26,31)(H,27,30)(H,28,29). The van der Waals surface area contributed by atoms with Gasteiger partial charge in [-0.2, -0.15) is 8.78 Å². The Morgan fingerprint density at radius 1 is 1.03 bits per heavy atom. The van der Waals surface area contributed by atoms with E-state index in [9.17, 15) is 23.2 Å². The summed E-state index contributed by atoms with van der Waals surface area (Å²) in [5.41, 5.74) is 5.44. The van der Waals surface area contributed by atoms with Crippen LogP contribution in [-0.4, -0.2) is 48.3 Å². The van der Waals surface area contributed by atoms with Crippen LogP contribution in [0.1, 0.15) is 29.9 Å². The number of rotatable bonds is 9. The Morgan fingerprint density at radius 3 is 2.15 bits per heavy atom. The van der Waals surface area contributed by atoms with Gasteiger partial charge in [0.2, 0.25) is 0 Å². The van der Waals surface area contributed by atoms with Crippen molar-refractivity contribution in [1.29, 1.82) is 0 Å². The van der Waals surface area contributed by atoms with Crippen molar-refractivity contribution in [2.24, 2.45) is 5.92 Å². The number of hydrogen-bond donors (Lipinski definition) is 3. The Morgan fingerprint density at radius 2 is 1.61 bits per heavy atom. The number of carboxylic acids is 1. The molecule has 1 unspecified atom stereocenters. The van der Waals surface area contributed by atoms with Gasteiger partial charge in [-0.05, 0) is 41.0 Å². The van der Waals surface area contributed by atoms with Crippen LogP contribution < -0.4 is 10.8 Å². The molecule has 0 heterocycles. The minimum absolute atomic E-state index is 0.0588. The van der Waals surface area contributed by atoms with E-state index in [1.54, 1.807) is 0 Å². The molecule has 2 aliphatic carbocycles. The molecule has 10 heteroatoms. The minimum atomic E-state index is -4.02. The van der Waals surface area contributed by atoms with Gasteiger partial charge < -0.3 is 15.2 Å².